The van der Waals surface area contributed by atoms with Gasteiger partial charge in [0, 0.05) is 0 Å². The van der Waals surface area contributed by atoms with Gasteiger partial charge in [0.1, 0.15) is 0 Å². The van der Waals surface area contributed by atoms with E-state index in [1.165, 1.54) is 6.08 Å². The predicted molar refractivity (Wildman–Crippen MR) is 53.7 cm³/mol. The molecule has 0 spiro atoms. The van der Waals surface area contributed by atoms with Crippen LogP contribution in [-0.4, -0.2) is 5.37 Å². The van der Waals surface area contributed by atoms with Crippen LogP contribution in [-0.2, 0) is 0 Å². The van der Waals surface area contributed by atoms with E-state index >= 15 is 0 Å². The molecule has 0 amide bonds. The third-order valence-corrected chi connectivity index (χ3v) is 1.13. The van der Waals surface area contributed by atoms with Crippen LogP contribution in [0, 0.1) is 6.92 Å². The SMILES string of the molecule is S=[C]c1ccccc1.[CH2]C=C. The molecule has 0 saturated carbocycles. The molecule has 0 aliphatic carbocycles. The van der Waals surface area contributed by atoms with Crippen molar-refractivity contribution in [3.05, 3.63) is 55.5 Å². The minimum absolute atomic E-state index is 0.975. The molecule has 0 aliphatic rings. The van der Waals surface area contributed by atoms with Crippen LogP contribution in [0.3, 0.4) is 0 Å². The lowest BCUT2D eigenvalue weighted by Gasteiger charge is -1.83. The Balaban J connectivity index is 0.000000292. The number of allylic oxidation sites excluding steroid dienone is 1. The molecule has 1 rings (SSSR count). The van der Waals surface area contributed by atoms with Crippen LogP contribution in [0.5, 0.6) is 0 Å². The van der Waals surface area contributed by atoms with E-state index in [2.05, 4.69) is 31.1 Å². The second-order valence-electron chi connectivity index (χ2n) is 1.76. The molecule has 0 atom stereocenters. The lowest BCUT2D eigenvalue weighted by atomic mass is 10.2. The molecule has 1 aromatic carbocycles. The molecule has 0 fully saturated rings. The summed E-state index contributed by atoms with van der Waals surface area (Å²) >= 11 is 4.57. The number of hydrogen-bond donors (Lipinski definition) is 0. The van der Waals surface area contributed by atoms with Gasteiger partial charge in [0.2, 0.25) is 0 Å². The first-order valence-electron chi connectivity index (χ1n) is 3.18. The fraction of sp³-hybridized carbons (Fsp3) is 0. The molecule has 1 heteroatoms. The molecule has 1 aromatic rings. The van der Waals surface area contributed by atoms with E-state index in [-0.39, 0.29) is 0 Å². The number of hydrogen-bond acceptors (Lipinski definition) is 1. The maximum atomic E-state index is 4.57. The highest BCUT2D eigenvalue weighted by Crippen LogP contribution is 1.92. The zero-order chi connectivity index (χ0) is 8.53. The zero-order valence-corrected chi connectivity index (χ0v) is 7.10. The van der Waals surface area contributed by atoms with Gasteiger partial charge in [-0.15, -0.1) is 6.58 Å². The van der Waals surface area contributed by atoms with Crippen molar-refractivity contribution in [3.8, 4) is 0 Å². The molecule has 0 aromatic heterocycles. The lowest BCUT2D eigenvalue weighted by Crippen LogP contribution is -1.71. The van der Waals surface area contributed by atoms with Crippen molar-refractivity contribution in [3.63, 3.8) is 0 Å². The smallest absolute Gasteiger partial charge is 0.0636 e. The van der Waals surface area contributed by atoms with Crippen molar-refractivity contribution in [1.82, 2.24) is 0 Å². The summed E-state index contributed by atoms with van der Waals surface area (Å²) in [6, 6.07) is 9.68. The van der Waals surface area contributed by atoms with Crippen LogP contribution >= 0.6 is 12.2 Å². The summed E-state index contributed by atoms with van der Waals surface area (Å²) in [5, 5.41) is 2.61. The highest BCUT2D eigenvalue weighted by molar-refractivity contribution is 7.79. The van der Waals surface area contributed by atoms with Crippen LogP contribution < -0.4 is 0 Å². The van der Waals surface area contributed by atoms with Gasteiger partial charge in [-0.05, 0) is 12.5 Å². The summed E-state index contributed by atoms with van der Waals surface area (Å²) < 4.78 is 0. The van der Waals surface area contributed by atoms with Gasteiger partial charge in [-0.25, -0.2) is 0 Å². The van der Waals surface area contributed by atoms with Crippen molar-refractivity contribution in [2.75, 3.05) is 0 Å². The van der Waals surface area contributed by atoms with E-state index in [0.717, 1.165) is 5.56 Å². The highest BCUT2D eigenvalue weighted by Gasteiger charge is 1.78. The van der Waals surface area contributed by atoms with Crippen molar-refractivity contribution in [2.24, 2.45) is 0 Å². The molecule has 0 aliphatic heterocycles. The Bertz CT molecular complexity index is 201. The summed E-state index contributed by atoms with van der Waals surface area (Å²) in [5.41, 5.74) is 0.975. The van der Waals surface area contributed by atoms with Crippen molar-refractivity contribution in [2.45, 2.75) is 0 Å². The minimum Gasteiger partial charge on any atom is -0.103 e. The molecule has 0 unspecified atom stereocenters. The Kier molecular flexibility index (Phi) is 6.54. The number of rotatable bonds is 1. The third-order valence-electron chi connectivity index (χ3n) is 0.892. The topological polar surface area (TPSA) is 0 Å². The summed E-state index contributed by atoms with van der Waals surface area (Å²) in [4.78, 5) is 0. The van der Waals surface area contributed by atoms with Gasteiger partial charge >= 0.3 is 0 Å². The fourth-order valence-corrected chi connectivity index (χ4v) is 0.642. The first-order chi connectivity index (χ1) is 5.35. The average molecular weight is 162 g/mol. The maximum absolute atomic E-state index is 4.57. The van der Waals surface area contributed by atoms with E-state index in [1.54, 1.807) is 0 Å². The number of thiocarbonyl (C=S) groups is 1. The predicted octanol–water partition coefficient (Wildman–Crippen LogP) is 2.92. The molecule has 0 saturated heterocycles. The summed E-state index contributed by atoms with van der Waals surface area (Å²) in [6.07, 6.45) is 1.50. The zero-order valence-electron chi connectivity index (χ0n) is 6.29. The lowest BCUT2D eigenvalue weighted by molar-refractivity contribution is 1.69. The molecular formula is C10H10S. The summed E-state index contributed by atoms with van der Waals surface area (Å²) in [7, 11) is 0. The fourth-order valence-electron chi connectivity index (χ4n) is 0.506. The van der Waals surface area contributed by atoms with Crippen LogP contribution in [0.2, 0.25) is 0 Å². The van der Waals surface area contributed by atoms with Gasteiger partial charge in [0.15, 0.2) is 0 Å². The second kappa shape index (κ2) is 7.16. The van der Waals surface area contributed by atoms with E-state index in [4.69, 9.17) is 0 Å². The molecule has 2 radical (unpaired) electrons. The molecule has 0 nitrogen and oxygen atoms in total. The third kappa shape index (κ3) is 5.49. The van der Waals surface area contributed by atoms with Crippen LogP contribution in [0.15, 0.2) is 43.0 Å². The van der Waals surface area contributed by atoms with Crippen LogP contribution in [0.4, 0.5) is 0 Å². The molecule has 0 N–H and O–H groups in total. The van der Waals surface area contributed by atoms with Crippen molar-refractivity contribution in [1.29, 1.82) is 0 Å². The molecule has 11 heavy (non-hydrogen) atoms. The quantitative estimate of drug-likeness (QED) is 0.572. The van der Waals surface area contributed by atoms with E-state index in [9.17, 15) is 0 Å². The average Bonchev–Trinajstić information content (AvgIpc) is 2.08. The first-order valence-corrected chi connectivity index (χ1v) is 3.59. The van der Waals surface area contributed by atoms with Gasteiger partial charge in [-0.1, -0.05) is 48.6 Å². The minimum atomic E-state index is 0.975. The monoisotopic (exact) mass is 162 g/mol. The largest absolute Gasteiger partial charge is 0.103 e. The first kappa shape index (κ1) is 10.0. The highest BCUT2D eigenvalue weighted by atomic mass is 32.1. The molecule has 0 heterocycles. The van der Waals surface area contributed by atoms with E-state index in [1.807, 2.05) is 30.3 Å². The summed E-state index contributed by atoms with van der Waals surface area (Å²) in [6.45, 7) is 6.50. The van der Waals surface area contributed by atoms with Gasteiger partial charge in [-0.2, -0.15) is 0 Å². The van der Waals surface area contributed by atoms with Gasteiger partial charge in [-0.3, -0.25) is 0 Å². The van der Waals surface area contributed by atoms with E-state index < -0.39 is 0 Å². The van der Waals surface area contributed by atoms with Gasteiger partial charge in [0.25, 0.3) is 0 Å². The Morgan fingerprint density at radius 1 is 1.27 bits per heavy atom. The van der Waals surface area contributed by atoms with E-state index in [0.29, 0.717) is 0 Å². The Morgan fingerprint density at radius 2 is 1.73 bits per heavy atom. The van der Waals surface area contributed by atoms with Crippen LogP contribution in [0.25, 0.3) is 0 Å². The second-order valence-corrected chi connectivity index (χ2v) is 1.96. The van der Waals surface area contributed by atoms with Gasteiger partial charge in [0.05, 0.1) is 5.37 Å². The van der Waals surface area contributed by atoms with Gasteiger partial charge < -0.3 is 0 Å². The van der Waals surface area contributed by atoms with Crippen LogP contribution in [0.1, 0.15) is 5.56 Å². The Hall–Kier alpha value is -0.950. The molecular weight excluding hydrogens is 152 g/mol. The molecule has 56 valence electrons. The maximum Gasteiger partial charge on any atom is 0.0636 e. The standard InChI is InChI=1S/C7H5S.C3H5/c8-6-7-4-2-1-3-5-7;1-3-2/h1-5H;3H,1-2H2. The Morgan fingerprint density at radius 3 is 2.00 bits per heavy atom. The normalized spacial score (nSPS) is 7.36. The van der Waals surface area contributed by atoms with Crippen molar-refractivity contribution >= 4 is 17.6 Å². The summed E-state index contributed by atoms with van der Waals surface area (Å²) in [5.74, 6) is 0. The van der Waals surface area contributed by atoms with Crippen molar-refractivity contribution < 1.29 is 0 Å². The Labute approximate surface area is 73.6 Å². The molecule has 0 bridgehead atoms. The number of benzene rings is 1.